The van der Waals surface area contributed by atoms with Gasteiger partial charge in [0.25, 0.3) is 11.7 Å². The molecule has 2 saturated heterocycles. The van der Waals surface area contributed by atoms with E-state index in [1.807, 2.05) is 13.8 Å². The molecule has 1 saturated carbocycles. The number of allylic oxidation sites excluding steroid dienone is 2. The van der Waals surface area contributed by atoms with Crippen LogP contribution in [0.25, 0.3) is 10.8 Å². The van der Waals surface area contributed by atoms with Gasteiger partial charge in [0.1, 0.15) is 28.6 Å². The highest BCUT2D eigenvalue weighted by Gasteiger charge is 2.50. The number of anilines is 1. The van der Waals surface area contributed by atoms with E-state index >= 15 is 0 Å². The van der Waals surface area contributed by atoms with Gasteiger partial charge in [0.2, 0.25) is 0 Å². The van der Waals surface area contributed by atoms with Crippen molar-refractivity contribution in [2.75, 3.05) is 51.7 Å². The molecule has 3 fully saturated rings. The van der Waals surface area contributed by atoms with Crippen molar-refractivity contribution in [1.29, 1.82) is 0 Å². The van der Waals surface area contributed by atoms with Crippen LogP contribution in [0.4, 0.5) is 10.5 Å². The summed E-state index contributed by atoms with van der Waals surface area (Å²) < 4.78 is 25.0. The van der Waals surface area contributed by atoms with Crippen LogP contribution in [0.5, 0.6) is 17.2 Å². The van der Waals surface area contributed by atoms with E-state index in [4.69, 9.17) is 28.9 Å². The largest absolute Gasteiger partial charge is 0.507 e. The molecule has 9 atom stereocenters. The molecule has 6 N–H and O–H groups in total. The number of benzene rings is 2. The Hall–Kier alpha value is -5.07. The van der Waals surface area contributed by atoms with Crippen molar-refractivity contribution in [2.24, 2.45) is 45.5 Å². The summed E-state index contributed by atoms with van der Waals surface area (Å²) in [6.45, 7) is 21.3. The summed E-state index contributed by atoms with van der Waals surface area (Å²) in [7, 11) is 1.50. The van der Waals surface area contributed by atoms with Crippen LogP contribution in [0, 0.1) is 42.4 Å². The molecule has 0 unspecified atom stereocenters. The van der Waals surface area contributed by atoms with Gasteiger partial charge < -0.3 is 59.8 Å². The van der Waals surface area contributed by atoms with E-state index in [-0.39, 0.29) is 61.4 Å². The minimum Gasteiger partial charge on any atom is -0.507 e. The number of phenolic OH excluding ortho intramolecular Hbond substituents is 2. The molecule has 9 rings (SSSR count). The van der Waals surface area contributed by atoms with Gasteiger partial charge in [0, 0.05) is 112 Å². The Labute approximate surface area is 436 Å². The maximum absolute atomic E-state index is 15.0. The predicted octanol–water partition coefficient (Wildman–Crippen LogP) is 6.96. The van der Waals surface area contributed by atoms with E-state index in [2.05, 4.69) is 34.3 Å². The zero-order valence-corrected chi connectivity index (χ0v) is 45.3. The summed E-state index contributed by atoms with van der Waals surface area (Å²) in [4.78, 5) is 58.3. The molecule has 17 nitrogen and oxygen atoms in total. The number of alkyl carbamates (subject to hydrolysis) is 1. The maximum atomic E-state index is 15.0. The highest BCUT2D eigenvalue weighted by molar-refractivity contribution is 6.19. The summed E-state index contributed by atoms with van der Waals surface area (Å²) in [5, 5.41) is 54.4. The Bertz CT molecular complexity index is 2650. The van der Waals surface area contributed by atoms with E-state index in [1.54, 1.807) is 52.0 Å². The molecule has 0 radical (unpaired) electrons. The van der Waals surface area contributed by atoms with E-state index in [0.29, 0.717) is 31.8 Å². The molecule has 2 aromatic carbocycles. The van der Waals surface area contributed by atoms with E-state index in [0.717, 1.165) is 44.9 Å². The number of amides is 2. The molecule has 2 amide bonds. The third-order valence-corrected chi connectivity index (χ3v) is 17.0. The Morgan fingerprint density at radius 2 is 1.55 bits per heavy atom. The second kappa shape index (κ2) is 22.6. The second-order valence-electron chi connectivity index (χ2n) is 23.0. The van der Waals surface area contributed by atoms with Crippen LogP contribution in [0.1, 0.15) is 129 Å². The van der Waals surface area contributed by atoms with Gasteiger partial charge in [-0.3, -0.25) is 19.6 Å². The molecule has 7 aliphatic rings. The van der Waals surface area contributed by atoms with Crippen molar-refractivity contribution in [1.82, 2.24) is 15.1 Å². The van der Waals surface area contributed by atoms with Gasteiger partial charge in [-0.1, -0.05) is 79.0 Å². The highest BCUT2D eigenvalue weighted by Crippen LogP contribution is 2.50. The molecule has 2 aromatic rings. The van der Waals surface area contributed by atoms with Gasteiger partial charge in [0.15, 0.2) is 11.4 Å². The number of aliphatic hydroxyl groups excluding tert-OH is 2. The number of aliphatic hydroxyl groups is 2. The third kappa shape index (κ3) is 11.2. The first-order chi connectivity index (χ1) is 35.2. The summed E-state index contributed by atoms with van der Waals surface area (Å²) in [5.41, 5.74) is -0.568. The lowest BCUT2D eigenvalue weighted by molar-refractivity contribution is -0.112. The molecule has 17 heteroatoms. The number of hydrogen-bond donors (Lipinski definition) is 6. The summed E-state index contributed by atoms with van der Waals surface area (Å²) in [6.07, 6.45) is 12.5. The van der Waals surface area contributed by atoms with Crippen molar-refractivity contribution in [3.8, 4) is 17.2 Å². The molecule has 6 aliphatic heterocycles. The zero-order chi connectivity index (χ0) is 53.4. The lowest BCUT2D eigenvalue weighted by Gasteiger charge is -2.39. The quantitative estimate of drug-likeness (QED) is 0.155. The summed E-state index contributed by atoms with van der Waals surface area (Å²) in [6, 6.07) is -0.0838. The van der Waals surface area contributed by atoms with E-state index in [9.17, 15) is 34.8 Å². The Balaban J connectivity index is 1.14. The summed E-state index contributed by atoms with van der Waals surface area (Å²) in [5.74, 6) is -5.29. The van der Waals surface area contributed by atoms with Crippen LogP contribution in [0.2, 0.25) is 0 Å². The van der Waals surface area contributed by atoms with Crippen LogP contribution in [-0.4, -0.2) is 136 Å². The molecule has 0 aromatic heterocycles. The first-order valence-corrected chi connectivity index (χ1v) is 27.2. The molecular formula is C57H82N6O11. The monoisotopic (exact) mass is 1030 g/mol. The Kier molecular flexibility index (Phi) is 16.9. The van der Waals surface area contributed by atoms with Gasteiger partial charge >= 0.3 is 11.9 Å². The van der Waals surface area contributed by atoms with Crippen LogP contribution < -0.4 is 26.1 Å². The van der Waals surface area contributed by atoms with Gasteiger partial charge in [-0.25, -0.2) is 4.79 Å². The number of aromatic hydroxyl groups is 2. The van der Waals surface area contributed by atoms with Gasteiger partial charge in [0.05, 0.1) is 40.9 Å². The van der Waals surface area contributed by atoms with Crippen molar-refractivity contribution in [3.05, 3.63) is 58.0 Å². The number of piperidine rings is 2. The fourth-order valence-electron chi connectivity index (χ4n) is 12.3. The number of ether oxygens (including phenoxy) is 4. The Morgan fingerprint density at radius 3 is 2.22 bits per heavy atom. The predicted molar refractivity (Wildman–Crippen MR) is 282 cm³/mol. The van der Waals surface area contributed by atoms with Crippen LogP contribution in [0.3, 0.4) is 0 Å². The molecule has 1 aliphatic carbocycles. The number of rotatable bonds is 7. The van der Waals surface area contributed by atoms with Gasteiger partial charge in [-0.15, -0.1) is 0 Å². The average molecular weight is 1030 g/mol. The Morgan fingerprint density at radius 1 is 0.878 bits per heavy atom. The number of carbonyl (C=O) groups excluding carboxylic acids is 3. The van der Waals surface area contributed by atoms with Crippen molar-refractivity contribution in [3.63, 3.8) is 0 Å². The normalized spacial score (nSPS) is 32.3. The number of methoxy groups -OCH3 is 1. The first-order valence-electron chi connectivity index (χ1n) is 27.2. The maximum Gasteiger partial charge on any atom is 0.407 e. The number of nitrogens with one attached hydrogen (secondary N) is 2. The topological polar surface area (TPSA) is 224 Å². The lowest BCUT2D eigenvalue weighted by Crippen LogP contribution is -2.50. The average Bonchev–Trinajstić information content (AvgIpc) is 3.88. The van der Waals surface area contributed by atoms with Crippen LogP contribution >= 0.6 is 0 Å². The standard InChI is InChI=1S/C57H82N6O11/c1-31(2)29-63-26-22-57(23-27-63)60-44-41-42-49(66)37(8)52-43(41)53(68)56(9,74-52)72-28-21-40(71-10)34(5)51(73-55(70)58-39-19-24-62(25-20-39)30-38-17-12-11-13-18-38)36(7)48(65)35(6)47(64)32(3)15-14-16-33(4)54(69)59-46(50(42)67)45(44)61-57/h14-16,21,28,31-32,34-36,38-40,47-48,51,64-67H,11-13,17-20,22-27,29-30H2,1-10H3,(H,58,70)(H,59,69)/b15-14+,28-21+,33-16-/t32-,34+,35+,36+,40-,47-,48+,51+,56-/m0/s1. The minimum atomic E-state index is -1.98. The SMILES string of the molecule is CO[C@H]1/C=C/O[C@@]2(C)Oc3c(C)c(O)c4c(O)c(c5c(c4c3C2=O)=NC2(CCN(CC(C)C)CC2)N=5)NC(=O)/C(C)=C\C=C\[C@H](C)[C@H](O)[C@@H](C)[C@@H](O)[C@@H](C)[C@H](OC(=O)NC2CCN(CC3CCCCC3)CC2)[C@@H]1C. The fraction of sp³-hybridized carbons (Fsp3) is 0.667. The number of hydrogen-bond acceptors (Lipinski definition) is 15. The van der Waals surface area contributed by atoms with Crippen molar-refractivity contribution in [2.45, 2.75) is 162 Å². The van der Waals surface area contributed by atoms with Gasteiger partial charge in [-0.05, 0) is 57.4 Å². The molecule has 6 heterocycles. The highest BCUT2D eigenvalue weighted by atomic mass is 16.7. The molecular weight excluding hydrogens is 945 g/mol. The van der Waals surface area contributed by atoms with E-state index < -0.39 is 83.1 Å². The zero-order valence-electron chi connectivity index (χ0n) is 45.3. The number of fused-ring (bicyclic) bond motifs is 13. The molecule has 1 spiro atoms. The lowest BCUT2D eigenvalue weighted by atomic mass is 9.78. The second-order valence-corrected chi connectivity index (χ2v) is 23.0. The molecule has 406 valence electrons. The summed E-state index contributed by atoms with van der Waals surface area (Å²) >= 11 is 0. The molecule has 74 heavy (non-hydrogen) atoms. The first kappa shape index (κ1) is 55.2. The number of phenols is 2. The number of ketones is 1. The smallest absolute Gasteiger partial charge is 0.407 e. The number of likely N-dealkylation sites (tertiary alicyclic amines) is 2. The van der Waals surface area contributed by atoms with Crippen molar-refractivity contribution < 1.29 is 53.8 Å². The van der Waals surface area contributed by atoms with Crippen LogP contribution in [0.15, 0.2) is 46.1 Å². The van der Waals surface area contributed by atoms with Crippen LogP contribution in [-0.2, 0) is 19.0 Å². The number of nitrogens with zero attached hydrogens (tertiary/aromatic N) is 4. The minimum absolute atomic E-state index is 0.0406. The fourth-order valence-corrected chi connectivity index (χ4v) is 12.3. The van der Waals surface area contributed by atoms with E-state index in [1.165, 1.54) is 52.4 Å². The number of carbonyl (C=O) groups is 3. The van der Waals surface area contributed by atoms with Crippen molar-refractivity contribution >= 4 is 34.2 Å². The molecule has 5 bridgehead atoms. The number of Topliss-reactive ketones (excluding diaryl/α,β-unsaturated/α-hetero) is 1. The van der Waals surface area contributed by atoms with Gasteiger partial charge in [-0.2, -0.15) is 0 Å². The third-order valence-electron chi connectivity index (χ3n) is 17.0.